The van der Waals surface area contributed by atoms with Gasteiger partial charge >= 0.3 is 0 Å². The van der Waals surface area contributed by atoms with Crippen LogP contribution in [0.15, 0.2) is 42.9 Å². The van der Waals surface area contributed by atoms with Gasteiger partial charge in [0.05, 0.1) is 35.4 Å². The number of benzene rings is 1. The van der Waals surface area contributed by atoms with Crippen molar-refractivity contribution in [2.75, 3.05) is 29.5 Å². The van der Waals surface area contributed by atoms with E-state index in [0.717, 1.165) is 22.5 Å². The van der Waals surface area contributed by atoms with Crippen LogP contribution in [0.2, 0.25) is 0 Å². The lowest BCUT2D eigenvalue weighted by Crippen LogP contribution is -2.34. The van der Waals surface area contributed by atoms with Crippen LogP contribution < -0.4 is 9.80 Å². The number of aliphatic hydroxyl groups excluding tert-OH is 1. The molecule has 0 saturated carbocycles. The van der Waals surface area contributed by atoms with Crippen molar-refractivity contribution in [3.05, 3.63) is 70.9 Å². The Hall–Kier alpha value is -3.64. The molecule has 164 valence electrons. The van der Waals surface area contributed by atoms with Gasteiger partial charge in [-0.2, -0.15) is 5.26 Å². The van der Waals surface area contributed by atoms with E-state index in [-0.39, 0.29) is 18.8 Å². The number of aryl methyl sites for hydroxylation is 1. The molecule has 7 nitrogen and oxygen atoms in total. The van der Waals surface area contributed by atoms with Gasteiger partial charge in [-0.1, -0.05) is 6.07 Å². The van der Waals surface area contributed by atoms with Crippen LogP contribution in [0.3, 0.4) is 0 Å². The summed E-state index contributed by atoms with van der Waals surface area (Å²) >= 11 is 0. The fourth-order valence-electron chi connectivity index (χ4n) is 3.92. The van der Waals surface area contributed by atoms with Gasteiger partial charge < -0.3 is 14.9 Å². The molecule has 0 saturated heterocycles. The molecular weight excluding hydrogens is 414 g/mol. The van der Waals surface area contributed by atoms with E-state index in [4.69, 9.17) is 0 Å². The number of aliphatic hydroxyl groups is 1. The van der Waals surface area contributed by atoms with Crippen LogP contribution in [-0.4, -0.2) is 39.8 Å². The Morgan fingerprint density at radius 3 is 2.75 bits per heavy atom. The molecule has 1 N–H and O–H groups in total. The second-order valence-corrected chi connectivity index (χ2v) is 7.54. The highest BCUT2D eigenvalue weighted by molar-refractivity contribution is 5.66. The Labute approximate surface area is 184 Å². The normalized spacial score (nSPS) is 13.1. The Balaban J connectivity index is 1.72. The highest BCUT2D eigenvalue weighted by atomic mass is 19.3. The average Bonchev–Trinajstić information content (AvgIpc) is 2.82. The third-order valence-corrected chi connectivity index (χ3v) is 5.48. The summed E-state index contributed by atoms with van der Waals surface area (Å²) in [6, 6.07) is 10.9. The fourth-order valence-corrected chi connectivity index (χ4v) is 3.92. The average molecular weight is 436 g/mol. The number of alkyl halides is 2. The van der Waals surface area contributed by atoms with Crippen LogP contribution in [0.1, 0.15) is 34.5 Å². The molecule has 1 aliphatic heterocycles. The number of aromatic nitrogens is 3. The molecule has 0 spiro atoms. The molecule has 3 aromatic rings. The van der Waals surface area contributed by atoms with Gasteiger partial charge in [0.15, 0.2) is 0 Å². The van der Waals surface area contributed by atoms with E-state index >= 15 is 0 Å². The van der Waals surface area contributed by atoms with Gasteiger partial charge in [-0.05, 0) is 36.8 Å². The second kappa shape index (κ2) is 9.24. The highest BCUT2D eigenvalue weighted by Crippen LogP contribution is 2.34. The maximum atomic E-state index is 12.9. The molecule has 3 heterocycles. The smallest absolute Gasteiger partial charge is 0.280 e. The molecule has 0 radical (unpaired) electrons. The summed E-state index contributed by atoms with van der Waals surface area (Å²) in [5.74, 6) is 0.589. The van der Waals surface area contributed by atoms with Gasteiger partial charge in [0.2, 0.25) is 0 Å². The van der Waals surface area contributed by atoms with Crippen molar-refractivity contribution in [1.29, 1.82) is 5.26 Å². The lowest BCUT2D eigenvalue weighted by Gasteiger charge is -2.34. The van der Waals surface area contributed by atoms with E-state index in [2.05, 4.69) is 25.9 Å². The summed E-state index contributed by atoms with van der Waals surface area (Å²) in [5.41, 5.74) is 4.46. The molecule has 2 aromatic heterocycles. The molecule has 32 heavy (non-hydrogen) atoms. The number of rotatable bonds is 6. The number of hydrogen-bond acceptors (Lipinski definition) is 7. The first-order valence-electron chi connectivity index (χ1n) is 10.2. The van der Waals surface area contributed by atoms with E-state index in [1.54, 1.807) is 11.0 Å². The van der Waals surface area contributed by atoms with Crippen LogP contribution in [0.5, 0.6) is 0 Å². The van der Waals surface area contributed by atoms with E-state index < -0.39 is 6.43 Å². The van der Waals surface area contributed by atoms with Crippen molar-refractivity contribution in [3.8, 4) is 6.07 Å². The number of halogens is 2. The molecule has 9 heteroatoms. The Morgan fingerprint density at radius 2 is 2.06 bits per heavy atom. The largest absolute Gasteiger partial charge is 0.395 e. The zero-order chi connectivity index (χ0) is 22.7. The molecule has 0 bridgehead atoms. The first-order chi connectivity index (χ1) is 15.5. The van der Waals surface area contributed by atoms with E-state index in [0.29, 0.717) is 36.6 Å². The third-order valence-electron chi connectivity index (χ3n) is 5.48. The zero-order valence-corrected chi connectivity index (χ0v) is 17.5. The first kappa shape index (κ1) is 21.6. The van der Waals surface area contributed by atoms with Gasteiger partial charge in [0, 0.05) is 31.6 Å². The number of nitrogens with zero attached hydrogens (tertiary/aromatic N) is 6. The van der Waals surface area contributed by atoms with Crippen LogP contribution in [0, 0.1) is 18.3 Å². The quantitative estimate of drug-likeness (QED) is 0.630. The predicted molar refractivity (Wildman–Crippen MR) is 116 cm³/mol. The molecule has 0 unspecified atom stereocenters. The summed E-state index contributed by atoms with van der Waals surface area (Å²) in [6.45, 7) is 3.19. The van der Waals surface area contributed by atoms with Gasteiger partial charge in [0.25, 0.3) is 6.43 Å². The zero-order valence-electron chi connectivity index (χ0n) is 17.5. The summed E-state index contributed by atoms with van der Waals surface area (Å²) in [7, 11) is 0. The number of nitriles is 1. The standard InChI is InChI=1S/C23H22F2N6O/c1-15-2-5-21(16(10-15)11-26)30-7-6-19-18(13-30)23(29-14-28-19)31(8-9-32)17-3-4-20(22(24)25)27-12-17/h2-5,10,12,14,22,32H,6-9,13H2,1H3. The molecule has 0 fully saturated rings. The minimum atomic E-state index is -2.65. The topological polar surface area (TPSA) is 89.2 Å². The molecule has 0 aliphatic carbocycles. The predicted octanol–water partition coefficient (Wildman–Crippen LogP) is 3.68. The van der Waals surface area contributed by atoms with Gasteiger partial charge in [-0.3, -0.25) is 4.98 Å². The minimum Gasteiger partial charge on any atom is -0.395 e. The van der Waals surface area contributed by atoms with Crippen molar-refractivity contribution in [2.24, 2.45) is 0 Å². The molecule has 0 amide bonds. The maximum Gasteiger partial charge on any atom is 0.280 e. The summed E-state index contributed by atoms with van der Waals surface area (Å²) in [4.78, 5) is 16.6. The Kier molecular flexibility index (Phi) is 6.23. The van der Waals surface area contributed by atoms with Crippen LogP contribution in [0.4, 0.5) is 26.0 Å². The maximum absolute atomic E-state index is 12.9. The van der Waals surface area contributed by atoms with E-state index in [9.17, 15) is 19.1 Å². The monoisotopic (exact) mass is 436 g/mol. The van der Waals surface area contributed by atoms with Gasteiger partial charge in [-0.25, -0.2) is 18.7 Å². The van der Waals surface area contributed by atoms with Crippen LogP contribution in [0.25, 0.3) is 0 Å². The van der Waals surface area contributed by atoms with Gasteiger partial charge in [0.1, 0.15) is 23.9 Å². The SMILES string of the molecule is Cc1ccc(N2CCc3ncnc(N(CCO)c4ccc(C(F)F)nc4)c3C2)c(C#N)c1. The number of anilines is 3. The number of fused-ring (bicyclic) bond motifs is 1. The number of hydrogen-bond donors (Lipinski definition) is 1. The Bertz CT molecular complexity index is 1150. The van der Waals surface area contributed by atoms with E-state index in [1.165, 1.54) is 18.6 Å². The van der Waals surface area contributed by atoms with E-state index in [1.807, 2.05) is 25.1 Å². The van der Waals surface area contributed by atoms with Crippen LogP contribution >= 0.6 is 0 Å². The molecular formula is C23H22F2N6O. The molecule has 1 aliphatic rings. The summed E-state index contributed by atoms with van der Waals surface area (Å²) in [6.07, 6.45) is 0.848. The second-order valence-electron chi connectivity index (χ2n) is 7.54. The van der Waals surface area contributed by atoms with Crippen LogP contribution in [-0.2, 0) is 13.0 Å². The minimum absolute atomic E-state index is 0.157. The molecule has 1 aromatic carbocycles. The molecule has 0 atom stereocenters. The fraction of sp³-hybridized carbons (Fsp3) is 0.304. The summed E-state index contributed by atoms with van der Waals surface area (Å²) in [5, 5.41) is 19.3. The lowest BCUT2D eigenvalue weighted by atomic mass is 10.0. The van der Waals surface area contributed by atoms with Crippen molar-refractivity contribution in [1.82, 2.24) is 15.0 Å². The summed E-state index contributed by atoms with van der Waals surface area (Å²) < 4.78 is 25.8. The van der Waals surface area contributed by atoms with Crippen molar-refractivity contribution in [3.63, 3.8) is 0 Å². The molecule has 4 rings (SSSR count). The van der Waals surface area contributed by atoms with Crippen molar-refractivity contribution >= 4 is 17.2 Å². The first-order valence-corrected chi connectivity index (χ1v) is 10.2. The lowest BCUT2D eigenvalue weighted by molar-refractivity contribution is 0.146. The number of pyridine rings is 1. The third kappa shape index (κ3) is 4.22. The highest BCUT2D eigenvalue weighted by Gasteiger charge is 2.26. The van der Waals surface area contributed by atoms with Gasteiger partial charge in [-0.15, -0.1) is 0 Å². The Morgan fingerprint density at radius 1 is 1.22 bits per heavy atom. The van der Waals surface area contributed by atoms with Crippen molar-refractivity contribution < 1.29 is 13.9 Å². The van der Waals surface area contributed by atoms with Crippen molar-refractivity contribution in [2.45, 2.75) is 26.3 Å².